The molecule has 7 nitrogen and oxygen atoms in total. The van der Waals surface area contributed by atoms with E-state index in [1.54, 1.807) is 25.2 Å². The molecule has 0 bridgehead atoms. The zero-order chi connectivity index (χ0) is 14.1. The lowest BCUT2D eigenvalue weighted by Gasteiger charge is -2.13. The highest BCUT2D eigenvalue weighted by Gasteiger charge is 2.16. The first-order chi connectivity index (χ1) is 9.63. The van der Waals surface area contributed by atoms with Gasteiger partial charge in [-0.1, -0.05) is 17.3 Å². The predicted molar refractivity (Wildman–Crippen MR) is 72.9 cm³/mol. The summed E-state index contributed by atoms with van der Waals surface area (Å²) in [7, 11) is 3.44. The molecule has 0 fully saturated rings. The number of aromatic nitrogens is 5. The zero-order valence-corrected chi connectivity index (χ0v) is 11.2. The van der Waals surface area contributed by atoms with E-state index < -0.39 is 0 Å². The molecule has 3 aromatic rings. The van der Waals surface area contributed by atoms with Crippen LogP contribution in [0.2, 0.25) is 0 Å². The van der Waals surface area contributed by atoms with Crippen LogP contribution >= 0.6 is 0 Å². The fourth-order valence-corrected chi connectivity index (χ4v) is 2.02. The number of hydrogen-bond acceptors (Lipinski definition) is 4. The number of imidazole rings is 1. The van der Waals surface area contributed by atoms with Crippen LogP contribution in [0.4, 0.5) is 0 Å². The van der Waals surface area contributed by atoms with Crippen LogP contribution < -0.4 is 0 Å². The monoisotopic (exact) mass is 270 g/mol. The first-order valence-electron chi connectivity index (χ1n) is 6.19. The molecule has 102 valence electrons. The minimum atomic E-state index is -0.182. The van der Waals surface area contributed by atoms with Gasteiger partial charge in [0.2, 0.25) is 0 Å². The number of nitrogens with zero attached hydrogens (tertiary/aromatic N) is 5. The molecule has 3 rings (SSSR count). The Morgan fingerprint density at radius 2 is 2.20 bits per heavy atom. The predicted octanol–water partition coefficient (Wildman–Crippen LogP) is 0.964. The second-order valence-corrected chi connectivity index (χ2v) is 4.64. The average Bonchev–Trinajstić information content (AvgIpc) is 3.03. The minimum Gasteiger partial charge on any atom is -0.340 e. The van der Waals surface area contributed by atoms with Crippen molar-refractivity contribution in [2.45, 2.75) is 6.54 Å². The third kappa shape index (κ3) is 2.25. The molecule has 20 heavy (non-hydrogen) atoms. The van der Waals surface area contributed by atoms with E-state index >= 15 is 0 Å². The topological polar surface area (TPSA) is 79.7 Å². The Kier molecular flexibility index (Phi) is 2.94. The van der Waals surface area contributed by atoms with E-state index in [1.165, 1.54) is 4.68 Å². The molecule has 1 N–H and O–H groups in total. The van der Waals surface area contributed by atoms with Gasteiger partial charge in [0.1, 0.15) is 5.82 Å². The molecule has 0 atom stereocenters. The number of rotatable bonds is 3. The van der Waals surface area contributed by atoms with E-state index in [-0.39, 0.29) is 5.91 Å². The van der Waals surface area contributed by atoms with Crippen LogP contribution in [-0.4, -0.2) is 42.8 Å². The molecular formula is C13H14N6O. The lowest BCUT2D eigenvalue weighted by Crippen LogP contribution is -2.27. The molecule has 0 unspecified atom stereocenters. The number of H-pyrrole nitrogens is 1. The van der Waals surface area contributed by atoms with Gasteiger partial charge < -0.3 is 9.88 Å². The Morgan fingerprint density at radius 3 is 2.90 bits per heavy atom. The summed E-state index contributed by atoms with van der Waals surface area (Å²) < 4.78 is 1.50. The van der Waals surface area contributed by atoms with Crippen molar-refractivity contribution in [1.82, 2.24) is 29.9 Å². The van der Waals surface area contributed by atoms with Gasteiger partial charge in [-0.15, -0.1) is 5.10 Å². The third-order valence-electron chi connectivity index (χ3n) is 2.99. The van der Waals surface area contributed by atoms with Gasteiger partial charge in [0.25, 0.3) is 5.91 Å². The lowest BCUT2D eigenvalue weighted by atomic mass is 10.3. The van der Waals surface area contributed by atoms with E-state index in [4.69, 9.17) is 0 Å². The van der Waals surface area contributed by atoms with Gasteiger partial charge in [0.15, 0.2) is 5.69 Å². The van der Waals surface area contributed by atoms with Crippen molar-refractivity contribution in [3.8, 4) is 0 Å². The van der Waals surface area contributed by atoms with Crippen LogP contribution in [0, 0.1) is 0 Å². The Bertz CT molecular complexity index is 726. The van der Waals surface area contributed by atoms with Gasteiger partial charge in [0.05, 0.1) is 23.8 Å². The summed E-state index contributed by atoms with van der Waals surface area (Å²) in [6.45, 7) is 0.393. The number of aryl methyl sites for hydroxylation is 1. The lowest BCUT2D eigenvalue weighted by molar-refractivity contribution is 0.0776. The number of carbonyl (C=O) groups is 1. The quantitative estimate of drug-likeness (QED) is 0.769. The maximum atomic E-state index is 12.1. The number of carbonyl (C=O) groups excluding carboxylic acids is 1. The van der Waals surface area contributed by atoms with Gasteiger partial charge >= 0.3 is 0 Å². The summed E-state index contributed by atoms with van der Waals surface area (Å²) in [6.07, 6.45) is 1.59. The summed E-state index contributed by atoms with van der Waals surface area (Å²) >= 11 is 0. The molecule has 1 amide bonds. The number of benzene rings is 1. The highest BCUT2D eigenvalue weighted by atomic mass is 16.2. The van der Waals surface area contributed by atoms with E-state index in [9.17, 15) is 4.79 Å². The number of nitrogens with one attached hydrogen (secondary N) is 1. The van der Waals surface area contributed by atoms with Crippen molar-refractivity contribution >= 4 is 16.9 Å². The van der Waals surface area contributed by atoms with Gasteiger partial charge in [-0.2, -0.15) is 0 Å². The fourth-order valence-electron chi connectivity index (χ4n) is 2.02. The minimum absolute atomic E-state index is 0.182. The van der Waals surface area contributed by atoms with Crippen molar-refractivity contribution in [3.63, 3.8) is 0 Å². The van der Waals surface area contributed by atoms with E-state index in [2.05, 4.69) is 20.3 Å². The summed E-state index contributed by atoms with van der Waals surface area (Å²) in [5.41, 5.74) is 2.18. The van der Waals surface area contributed by atoms with Gasteiger partial charge in [0, 0.05) is 14.1 Å². The van der Waals surface area contributed by atoms with Crippen LogP contribution in [0.3, 0.4) is 0 Å². The molecule has 0 aliphatic rings. The largest absolute Gasteiger partial charge is 0.340 e. The SMILES string of the molecule is CN(Cc1nc2ccccc2[nH]1)C(=O)c1cn(C)nn1. The van der Waals surface area contributed by atoms with Crippen LogP contribution in [-0.2, 0) is 13.6 Å². The molecule has 0 aliphatic heterocycles. The summed E-state index contributed by atoms with van der Waals surface area (Å²) in [4.78, 5) is 21.3. The Hall–Kier alpha value is -2.70. The van der Waals surface area contributed by atoms with Crippen LogP contribution in [0.15, 0.2) is 30.5 Å². The molecule has 0 radical (unpaired) electrons. The standard InChI is InChI=1S/C13H14N6O/c1-18(13(20)11-7-19(2)17-16-11)8-12-14-9-5-3-4-6-10(9)15-12/h3-7H,8H2,1-2H3,(H,14,15). The fraction of sp³-hybridized carbons (Fsp3) is 0.231. The van der Waals surface area contributed by atoms with E-state index in [0.717, 1.165) is 16.9 Å². The molecule has 0 saturated carbocycles. The normalized spacial score (nSPS) is 10.9. The first-order valence-corrected chi connectivity index (χ1v) is 6.19. The second kappa shape index (κ2) is 4.76. The third-order valence-corrected chi connectivity index (χ3v) is 2.99. The molecule has 2 heterocycles. The molecule has 0 saturated heterocycles. The smallest absolute Gasteiger partial charge is 0.276 e. The molecule has 7 heteroatoms. The number of aromatic amines is 1. The Labute approximate surface area is 115 Å². The molecule has 0 aliphatic carbocycles. The van der Waals surface area contributed by atoms with Crippen molar-refractivity contribution in [2.24, 2.45) is 7.05 Å². The van der Waals surface area contributed by atoms with Gasteiger partial charge in [-0.3, -0.25) is 9.48 Å². The molecule has 0 spiro atoms. The Morgan fingerprint density at radius 1 is 1.40 bits per heavy atom. The van der Waals surface area contributed by atoms with E-state index in [1.807, 2.05) is 24.3 Å². The second-order valence-electron chi connectivity index (χ2n) is 4.64. The maximum absolute atomic E-state index is 12.1. The van der Waals surface area contributed by atoms with E-state index in [0.29, 0.717) is 12.2 Å². The van der Waals surface area contributed by atoms with Crippen LogP contribution in [0.25, 0.3) is 11.0 Å². The van der Waals surface area contributed by atoms with Crippen molar-refractivity contribution < 1.29 is 4.79 Å². The highest BCUT2D eigenvalue weighted by molar-refractivity contribution is 5.91. The van der Waals surface area contributed by atoms with Gasteiger partial charge in [-0.25, -0.2) is 4.98 Å². The van der Waals surface area contributed by atoms with Gasteiger partial charge in [-0.05, 0) is 12.1 Å². The molecule has 2 aromatic heterocycles. The average molecular weight is 270 g/mol. The summed E-state index contributed by atoms with van der Waals surface area (Å²) in [5, 5.41) is 7.57. The Balaban J connectivity index is 1.78. The highest BCUT2D eigenvalue weighted by Crippen LogP contribution is 2.12. The van der Waals surface area contributed by atoms with Crippen molar-refractivity contribution in [3.05, 3.63) is 42.0 Å². The number of hydrogen-bond donors (Lipinski definition) is 1. The number of para-hydroxylation sites is 2. The maximum Gasteiger partial charge on any atom is 0.276 e. The summed E-state index contributed by atoms with van der Waals surface area (Å²) in [5.74, 6) is 0.560. The summed E-state index contributed by atoms with van der Waals surface area (Å²) in [6, 6.07) is 7.76. The van der Waals surface area contributed by atoms with Crippen molar-refractivity contribution in [1.29, 1.82) is 0 Å². The first kappa shape index (κ1) is 12.3. The molecule has 1 aromatic carbocycles. The van der Waals surface area contributed by atoms with Crippen LogP contribution in [0.1, 0.15) is 16.3 Å². The molecular weight excluding hydrogens is 256 g/mol. The van der Waals surface area contributed by atoms with Crippen molar-refractivity contribution in [2.75, 3.05) is 7.05 Å². The number of fused-ring (bicyclic) bond motifs is 1. The zero-order valence-electron chi connectivity index (χ0n) is 11.2. The number of amides is 1. The van der Waals surface area contributed by atoms with Crippen LogP contribution in [0.5, 0.6) is 0 Å².